The summed E-state index contributed by atoms with van der Waals surface area (Å²) in [5, 5.41) is 2.81. The van der Waals surface area contributed by atoms with Gasteiger partial charge < -0.3 is 14.6 Å². The molecule has 0 radical (unpaired) electrons. The molecule has 126 valence electrons. The number of carbonyl (C=O) groups is 2. The molecule has 2 aromatic rings. The van der Waals surface area contributed by atoms with Gasteiger partial charge in [0.1, 0.15) is 23.4 Å². The molecule has 2 amide bonds. The zero-order chi connectivity index (χ0) is 17.1. The number of nitrogens with one attached hydrogen (secondary N) is 1. The maximum absolute atomic E-state index is 12.9. The fraction of sp³-hybridized carbons (Fsp3) is 0.333. The molecule has 0 bridgehead atoms. The minimum absolute atomic E-state index is 0.0794. The maximum atomic E-state index is 12.9. The van der Waals surface area contributed by atoms with Crippen molar-refractivity contribution in [1.29, 1.82) is 0 Å². The molecule has 1 saturated heterocycles. The first-order valence-electron chi connectivity index (χ1n) is 7.94. The summed E-state index contributed by atoms with van der Waals surface area (Å²) in [4.78, 5) is 25.4. The Morgan fingerprint density at radius 3 is 2.71 bits per heavy atom. The van der Waals surface area contributed by atoms with E-state index >= 15 is 0 Å². The summed E-state index contributed by atoms with van der Waals surface area (Å²) in [5.74, 6) is 0.677. The van der Waals surface area contributed by atoms with Crippen LogP contribution in [0.5, 0.6) is 0 Å². The van der Waals surface area contributed by atoms with Crippen molar-refractivity contribution >= 4 is 11.8 Å². The molecule has 1 fully saturated rings. The molecule has 1 aliphatic rings. The van der Waals surface area contributed by atoms with Gasteiger partial charge in [-0.15, -0.1) is 0 Å². The van der Waals surface area contributed by atoms with Gasteiger partial charge in [-0.2, -0.15) is 0 Å². The van der Waals surface area contributed by atoms with Gasteiger partial charge in [-0.3, -0.25) is 9.59 Å². The highest BCUT2D eigenvalue weighted by atomic mass is 19.1. The van der Waals surface area contributed by atoms with Crippen molar-refractivity contribution in [3.63, 3.8) is 0 Å². The van der Waals surface area contributed by atoms with Gasteiger partial charge in [-0.25, -0.2) is 4.39 Å². The Morgan fingerprint density at radius 1 is 1.25 bits per heavy atom. The van der Waals surface area contributed by atoms with Crippen LogP contribution in [-0.4, -0.2) is 29.3 Å². The van der Waals surface area contributed by atoms with Crippen molar-refractivity contribution in [2.24, 2.45) is 0 Å². The van der Waals surface area contributed by atoms with Gasteiger partial charge in [-0.05, 0) is 49.2 Å². The zero-order valence-corrected chi connectivity index (χ0v) is 13.4. The molecule has 2 heterocycles. The van der Waals surface area contributed by atoms with Crippen LogP contribution in [-0.2, 0) is 16.1 Å². The lowest BCUT2D eigenvalue weighted by atomic mass is 10.2. The fourth-order valence-electron chi connectivity index (χ4n) is 2.95. The third-order valence-electron chi connectivity index (χ3n) is 4.19. The van der Waals surface area contributed by atoms with E-state index in [0.29, 0.717) is 24.5 Å². The third kappa shape index (κ3) is 3.48. The van der Waals surface area contributed by atoms with Gasteiger partial charge >= 0.3 is 0 Å². The molecule has 5 nitrogen and oxygen atoms in total. The van der Waals surface area contributed by atoms with Crippen LogP contribution in [0.4, 0.5) is 4.39 Å². The molecular formula is C18H19FN2O3. The first kappa shape index (κ1) is 16.2. The molecule has 0 aliphatic carbocycles. The molecule has 1 N–H and O–H groups in total. The number of hydrogen-bond donors (Lipinski definition) is 1. The van der Waals surface area contributed by atoms with E-state index in [1.807, 2.05) is 0 Å². The number of carbonyl (C=O) groups excluding carboxylic acids is 2. The predicted molar refractivity (Wildman–Crippen MR) is 86.4 cm³/mol. The number of rotatable bonds is 4. The summed E-state index contributed by atoms with van der Waals surface area (Å²) in [6, 6.07) is 9.18. The molecule has 0 unspecified atom stereocenters. The number of likely N-dealkylation sites (tertiary alicyclic amines) is 1. The minimum Gasteiger partial charge on any atom is -0.459 e. The first-order chi connectivity index (χ1) is 11.5. The highest BCUT2D eigenvalue weighted by Gasteiger charge is 2.32. The van der Waals surface area contributed by atoms with Crippen LogP contribution >= 0.6 is 0 Å². The maximum Gasteiger partial charge on any atom is 0.243 e. The van der Waals surface area contributed by atoms with E-state index in [4.69, 9.17) is 4.42 Å². The Kier molecular flexibility index (Phi) is 4.64. The van der Waals surface area contributed by atoms with Gasteiger partial charge in [0.25, 0.3) is 0 Å². The van der Waals surface area contributed by atoms with E-state index in [-0.39, 0.29) is 24.2 Å². The van der Waals surface area contributed by atoms with Crippen LogP contribution in [0.1, 0.15) is 25.5 Å². The zero-order valence-electron chi connectivity index (χ0n) is 13.4. The van der Waals surface area contributed by atoms with Crippen molar-refractivity contribution in [1.82, 2.24) is 10.2 Å². The Morgan fingerprint density at radius 2 is 2.00 bits per heavy atom. The second-order valence-electron chi connectivity index (χ2n) is 5.86. The monoisotopic (exact) mass is 330 g/mol. The molecule has 24 heavy (non-hydrogen) atoms. The molecule has 1 atom stereocenters. The van der Waals surface area contributed by atoms with Gasteiger partial charge in [0, 0.05) is 19.0 Å². The van der Waals surface area contributed by atoms with Crippen LogP contribution in [0, 0.1) is 5.82 Å². The minimum atomic E-state index is -0.394. The van der Waals surface area contributed by atoms with Gasteiger partial charge in [0.05, 0.1) is 6.54 Å². The number of benzene rings is 1. The van der Waals surface area contributed by atoms with E-state index in [1.54, 1.807) is 29.2 Å². The molecule has 1 aromatic heterocycles. The number of nitrogens with zero attached hydrogens (tertiary/aromatic N) is 1. The van der Waals surface area contributed by atoms with Crippen molar-refractivity contribution in [2.45, 2.75) is 32.4 Å². The first-order valence-corrected chi connectivity index (χ1v) is 7.94. The second-order valence-corrected chi connectivity index (χ2v) is 5.86. The summed E-state index contributed by atoms with van der Waals surface area (Å²) >= 11 is 0. The van der Waals surface area contributed by atoms with Crippen LogP contribution in [0.3, 0.4) is 0 Å². The van der Waals surface area contributed by atoms with Crippen LogP contribution in [0.2, 0.25) is 0 Å². The smallest absolute Gasteiger partial charge is 0.243 e. The molecular weight excluding hydrogens is 311 g/mol. The molecule has 0 spiro atoms. The molecule has 6 heteroatoms. The van der Waals surface area contributed by atoms with Crippen molar-refractivity contribution in [2.75, 3.05) is 6.54 Å². The number of amides is 2. The van der Waals surface area contributed by atoms with Crippen LogP contribution in [0.25, 0.3) is 11.3 Å². The lowest BCUT2D eigenvalue weighted by molar-refractivity contribution is -0.136. The van der Waals surface area contributed by atoms with Crippen LogP contribution in [0.15, 0.2) is 40.8 Å². The number of hydrogen-bond acceptors (Lipinski definition) is 3. The lowest BCUT2D eigenvalue weighted by Gasteiger charge is -2.22. The highest BCUT2D eigenvalue weighted by Crippen LogP contribution is 2.22. The Labute approximate surface area is 139 Å². The SMILES string of the molecule is CC(=O)N1CCC[C@@H]1C(=O)NCc1ccc(-c2ccc(F)cc2)o1. The predicted octanol–water partition coefficient (Wildman–Crippen LogP) is 2.71. The topological polar surface area (TPSA) is 62.6 Å². The summed E-state index contributed by atoms with van der Waals surface area (Å²) in [5.41, 5.74) is 0.771. The quantitative estimate of drug-likeness (QED) is 0.937. The van der Waals surface area contributed by atoms with E-state index in [0.717, 1.165) is 12.0 Å². The number of furan rings is 1. The standard InChI is InChI=1S/C18H19FN2O3/c1-12(22)21-10-2-3-16(21)18(23)20-11-15-8-9-17(24-15)13-4-6-14(19)7-5-13/h4-9,16H,2-3,10-11H2,1H3,(H,20,23)/t16-/m1/s1. The van der Waals surface area contributed by atoms with Crippen molar-refractivity contribution in [3.05, 3.63) is 48.0 Å². The van der Waals surface area contributed by atoms with Gasteiger partial charge in [0.2, 0.25) is 11.8 Å². The van der Waals surface area contributed by atoms with Crippen LogP contribution < -0.4 is 5.32 Å². The lowest BCUT2D eigenvalue weighted by Crippen LogP contribution is -2.44. The largest absolute Gasteiger partial charge is 0.459 e. The summed E-state index contributed by atoms with van der Waals surface area (Å²) in [6.45, 7) is 2.36. The Bertz CT molecular complexity index is 739. The summed E-state index contributed by atoms with van der Waals surface area (Å²) < 4.78 is 18.6. The molecule has 0 saturated carbocycles. The van der Waals surface area contributed by atoms with Crippen molar-refractivity contribution < 1.29 is 18.4 Å². The average molecular weight is 330 g/mol. The number of halogens is 1. The van der Waals surface area contributed by atoms with Gasteiger partial charge in [-0.1, -0.05) is 0 Å². The average Bonchev–Trinajstić information content (AvgIpc) is 3.22. The Balaban J connectivity index is 1.60. The highest BCUT2D eigenvalue weighted by molar-refractivity contribution is 5.87. The van der Waals surface area contributed by atoms with E-state index < -0.39 is 6.04 Å². The second kappa shape index (κ2) is 6.86. The van der Waals surface area contributed by atoms with E-state index in [2.05, 4.69) is 5.32 Å². The Hall–Kier alpha value is -2.63. The molecule has 1 aromatic carbocycles. The molecule has 3 rings (SSSR count). The van der Waals surface area contributed by atoms with E-state index in [9.17, 15) is 14.0 Å². The normalized spacial score (nSPS) is 17.1. The summed E-state index contributed by atoms with van der Waals surface area (Å²) in [7, 11) is 0. The van der Waals surface area contributed by atoms with Crippen molar-refractivity contribution in [3.8, 4) is 11.3 Å². The van der Waals surface area contributed by atoms with E-state index in [1.165, 1.54) is 19.1 Å². The summed E-state index contributed by atoms with van der Waals surface area (Å²) in [6.07, 6.45) is 1.53. The fourth-order valence-corrected chi connectivity index (χ4v) is 2.95. The third-order valence-corrected chi connectivity index (χ3v) is 4.19. The van der Waals surface area contributed by atoms with Gasteiger partial charge in [0.15, 0.2) is 0 Å². The molecule has 1 aliphatic heterocycles.